The van der Waals surface area contributed by atoms with Gasteiger partial charge in [-0.15, -0.1) is 0 Å². The number of aromatic hydroxyl groups is 1. The molecule has 0 saturated heterocycles. The molecule has 0 radical (unpaired) electrons. The number of aromatic nitrogens is 3. The zero-order valence-corrected chi connectivity index (χ0v) is 16.7. The topological polar surface area (TPSA) is 61.8 Å². The van der Waals surface area contributed by atoms with Crippen molar-refractivity contribution < 1.29 is 5.11 Å². The third-order valence-electron chi connectivity index (χ3n) is 5.22. The van der Waals surface area contributed by atoms with E-state index in [1.54, 1.807) is 30.6 Å². The summed E-state index contributed by atoms with van der Waals surface area (Å²) in [7, 11) is 0. The number of nitrogens with zero attached hydrogens (tertiary/aromatic N) is 2. The summed E-state index contributed by atoms with van der Waals surface area (Å²) in [4.78, 5) is 12.3. The molecule has 4 nitrogen and oxygen atoms in total. The molecule has 5 aromatic rings. The molecule has 1 atom stereocenters. The summed E-state index contributed by atoms with van der Waals surface area (Å²) in [6.45, 7) is 0. The van der Waals surface area contributed by atoms with Crippen LogP contribution in [0, 0.1) is 0 Å². The van der Waals surface area contributed by atoms with Gasteiger partial charge < -0.3 is 10.1 Å². The Balaban J connectivity index is 1.71. The van der Waals surface area contributed by atoms with Gasteiger partial charge in [0.05, 0.1) is 17.0 Å². The minimum Gasteiger partial charge on any atom is -0.508 e. The van der Waals surface area contributed by atoms with Crippen LogP contribution < -0.4 is 0 Å². The summed E-state index contributed by atoms with van der Waals surface area (Å²) in [5.74, 6) is 0.623. The molecule has 146 valence electrons. The van der Waals surface area contributed by atoms with Gasteiger partial charge in [0.1, 0.15) is 11.6 Å². The van der Waals surface area contributed by atoms with E-state index in [-0.39, 0.29) is 11.7 Å². The van der Waals surface area contributed by atoms with Gasteiger partial charge in [-0.3, -0.25) is 4.98 Å². The Hall–Kier alpha value is -3.63. The zero-order valence-electron chi connectivity index (χ0n) is 16.0. The molecule has 0 bridgehead atoms. The molecule has 0 aliphatic carbocycles. The SMILES string of the molecule is Oc1ccc(Cl)cc1C(c1cccc(-c2ccncc2)c1)c1nc2ccccc2[nH]1. The second-order valence-corrected chi connectivity index (χ2v) is 7.57. The number of hydrogen-bond donors (Lipinski definition) is 2. The fourth-order valence-corrected chi connectivity index (χ4v) is 3.97. The Morgan fingerprint density at radius 2 is 1.67 bits per heavy atom. The Bertz CT molecular complexity index is 1300. The molecule has 1 unspecified atom stereocenters. The third-order valence-corrected chi connectivity index (χ3v) is 5.45. The van der Waals surface area contributed by atoms with Gasteiger partial charge in [0.25, 0.3) is 0 Å². The molecule has 5 rings (SSSR count). The van der Waals surface area contributed by atoms with Crippen LogP contribution in [0.4, 0.5) is 0 Å². The lowest BCUT2D eigenvalue weighted by Gasteiger charge is -2.18. The molecule has 2 heterocycles. The summed E-state index contributed by atoms with van der Waals surface area (Å²) in [6.07, 6.45) is 3.56. The van der Waals surface area contributed by atoms with Gasteiger partial charge in [0, 0.05) is 23.0 Å². The number of pyridine rings is 1. The first-order valence-electron chi connectivity index (χ1n) is 9.62. The monoisotopic (exact) mass is 411 g/mol. The summed E-state index contributed by atoms with van der Waals surface area (Å²) >= 11 is 6.29. The molecule has 0 saturated carbocycles. The van der Waals surface area contributed by atoms with Gasteiger partial charge in [0.2, 0.25) is 0 Å². The summed E-state index contributed by atoms with van der Waals surface area (Å²) in [5.41, 5.74) is 5.67. The van der Waals surface area contributed by atoms with Gasteiger partial charge in [-0.25, -0.2) is 4.98 Å². The Morgan fingerprint density at radius 1 is 0.833 bits per heavy atom. The van der Waals surface area contributed by atoms with Crippen molar-refractivity contribution in [3.05, 3.63) is 113 Å². The molecule has 0 aliphatic heterocycles. The van der Waals surface area contributed by atoms with Crippen LogP contribution in [0.2, 0.25) is 5.02 Å². The van der Waals surface area contributed by atoms with E-state index in [0.717, 1.165) is 33.5 Å². The van der Waals surface area contributed by atoms with E-state index >= 15 is 0 Å². The summed E-state index contributed by atoms with van der Waals surface area (Å²) < 4.78 is 0. The number of H-pyrrole nitrogens is 1. The highest BCUT2D eigenvalue weighted by atomic mass is 35.5. The predicted octanol–water partition coefficient (Wildman–Crippen LogP) is 6.16. The van der Waals surface area contributed by atoms with E-state index in [4.69, 9.17) is 16.6 Å². The largest absolute Gasteiger partial charge is 0.508 e. The number of phenolic OH excluding ortho intramolecular Hbond substituents is 1. The number of para-hydroxylation sites is 2. The van der Waals surface area contributed by atoms with Crippen LogP contribution >= 0.6 is 11.6 Å². The fraction of sp³-hybridized carbons (Fsp3) is 0.0400. The first-order chi connectivity index (χ1) is 14.7. The quantitative estimate of drug-likeness (QED) is 0.372. The molecular formula is C25H18ClN3O. The van der Waals surface area contributed by atoms with Crippen LogP contribution in [0.5, 0.6) is 5.75 Å². The number of fused-ring (bicyclic) bond motifs is 1. The van der Waals surface area contributed by atoms with E-state index in [9.17, 15) is 5.11 Å². The number of aromatic amines is 1. The Morgan fingerprint density at radius 3 is 2.50 bits per heavy atom. The molecule has 0 fully saturated rings. The highest BCUT2D eigenvalue weighted by molar-refractivity contribution is 6.30. The van der Waals surface area contributed by atoms with Gasteiger partial charge >= 0.3 is 0 Å². The highest BCUT2D eigenvalue weighted by Gasteiger charge is 2.24. The highest BCUT2D eigenvalue weighted by Crippen LogP contribution is 2.38. The Labute approximate surface area is 178 Å². The molecule has 2 N–H and O–H groups in total. The van der Waals surface area contributed by atoms with E-state index in [2.05, 4.69) is 22.1 Å². The van der Waals surface area contributed by atoms with Crippen molar-refractivity contribution in [2.75, 3.05) is 0 Å². The lowest BCUT2D eigenvalue weighted by atomic mass is 9.88. The van der Waals surface area contributed by atoms with Crippen molar-refractivity contribution in [3.8, 4) is 16.9 Å². The maximum Gasteiger partial charge on any atom is 0.119 e. The van der Waals surface area contributed by atoms with Crippen LogP contribution in [0.25, 0.3) is 22.2 Å². The van der Waals surface area contributed by atoms with Crippen molar-refractivity contribution in [1.29, 1.82) is 0 Å². The van der Waals surface area contributed by atoms with Crippen molar-refractivity contribution in [2.45, 2.75) is 5.92 Å². The van der Waals surface area contributed by atoms with E-state index < -0.39 is 0 Å². The molecule has 2 aromatic heterocycles. The fourth-order valence-electron chi connectivity index (χ4n) is 3.79. The van der Waals surface area contributed by atoms with Crippen LogP contribution in [0.1, 0.15) is 22.9 Å². The average molecular weight is 412 g/mol. The van der Waals surface area contributed by atoms with Gasteiger partial charge in [-0.05, 0) is 59.2 Å². The summed E-state index contributed by atoms with van der Waals surface area (Å²) in [5, 5.41) is 11.2. The number of nitrogens with one attached hydrogen (secondary N) is 1. The van der Waals surface area contributed by atoms with Crippen LogP contribution in [-0.2, 0) is 0 Å². The van der Waals surface area contributed by atoms with Crippen molar-refractivity contribution >= 4 is 22.6 Å². The maximum absolute atomic E-state index is 10.7. The number of halogens is 1. The molecule has 30 heavy (non-hydrogen) atoms. The molecular weight excluding hydrogens is 394 g/mol. The molecule has 3 aromatic carbocycles. The first-order valence-corrected chi connectivity index (χ1v) is 10.0. The standard InChI is InChI=1S/C25H18ClN3O/c26-19-8-9-23(30)20(15-19)24(25-28-21-6-1-2-7-22(21)29-25)18-5-3-4-17(14-18)16-10-12-27-13-11-16/h1-15,24,30H,(H,28,29). The molecule has 5 heteroatoms. The van der Waals surface area contributed by atoms with Gasteiger partial charge in [0.15, 0.2) is 0 Å². The first kappa shape index (κ1) is 18.4. The van der Waals surface area contributed by atoms with Crippen molar-refractivity contribution in [2.24, 2.45) is 0 Å². The smallest absolute Gasteiger partial charge is 0.119 e. The van der Waals surface area contributed by atoms with E-state index in [0.29, 0.717) is 10.6 Å². The lowest BCUT2D eigenvalue weighted by Crippen LogP contribution is -2.06. The number of phenols is 1. The maximum atomic E-state index is 10.7. The van der Waals surface area contributed by atoms with Gasteiger partial charge in [-0.2, -0.15) is 0 Å². The van der Waals surface area contributed by atoms with Crippen LogP contribution in [0.3, 0.4) is 0 Å². The lowest BCUT2D eigenvalue weighted by molar-refractivity contribution is 0.466. The van der Waals surface area contributed by atoms with Crippen LogP contribution in [0.15, 0.2) is 91.3 Å². The number of hydrogen-bond acceptors (Lipinski definition) is 3. The van der Waals surface area contributed by atoms with Crippen molar-refractivity contribution in [1.82, 2.24) is 15.0 Å². The Kier molecular flexibility index (Phi) is 4.69. The molecule has 0 amide bonds. The second kappa shape index (κ2) is 7.65. The number of imidazole rings is 1. The van der Waals surface area contributed by atoms with E-state index in [1.165, 1.54) is 0 Å². The average Bonchev–Trinajstić information content (AvgIpc) is 3.21. The minimum atomic E-state index is -0.308. The summed E-state index contributed by atoms with van der Waals surface area (Å²) in [6, 6.07) is 25.2. The van der Waals surface area contributed by atoms with E-state index in [1.807, 2.05) is 48.5 Å². The number of rotatable bonds is 4. The predicted molar refractivity (Wildman–Crippen MR) is 120 cm³/mol. The van der Waals surface area contributed by atoms with Gasteiger partial charge in [-0.1, -0.05) is 48.0 Å². The number of benzene rings is 3. The van der Waals surface area contributed by atoms with Crippen LogP contribution in [-0.4, -0.2) is 20.1 Å². The molecule has 0 aliphatic rings. The zero-order chi connectivity index (χ0) is 20.5. The normalized spacial score (nSPS) is 12.2. The minimum absolute atomic E-state index is 0.180. The second-order valence-electron chi connectivity index (χ2n) is 7.14. The van der Waals surface area contributed by atoms with Crippen molar-refractivity contribution in [3.63, 3.8) is 0 Å². The third kappa shape index (κ3) is 3.42. The molecule has 0 spiro atoms.